The van der Waals surface area contributed by atoms with E-state index >= 15 is 0 Å². The van der Waals surface area contributed by atoms with E-state index in [1.165, 1.54) is 0 Å². The molecule has 1 saturated heterocycles. The summed E-state index contributed by atoms with van der Waals surface area (Å²) >= 11 is 0. The molecule has 4 rings (SSSR count). The lowest BCUT2D eigenvalue weighted by Gasteiger charge is -2.35. The van der Waals surface area contributed by atoms with E-state index in [9.17, 15) is 9.59 Å². The Labute approximate surface area is 147 Å². The second-order valence-corrected chi connectivity index (χ2v) is 6.64. The summed E-state index contributed by atoms with van der Waals surface area (Å²) in [5, 5.41) is 4.36. The van der Waals surface area contributed by atoms with Crippen LogP contribution in [0.1, 0.15) is 39.3 Å². The van der Waals surface area contributed by atoms with Gasteiger partial charge in [-0.3, -0.25) is 14.3 Å². The summed E-state index contributed by atoms with van der Waals surface area (Å²) < 4.78 is 1.96. The van der Waals surface area contributed by atoms with Gasteiger partial charge in [-0.15, -0.1) is 0 Å². The molecule has 0 atom stereocenters. The molecule has 25 heavy (non-hydrogen) atoms. The summed E-state index contributed by atoms with van der Waals surface area (Å²) in [6.45, 7) is 3.19. The van der Waals surface area contributed by atoms with Crippen LogP contribution in [0.4, 0.5) is 0 Å². The molecular weight excluding hydrogens is 316 g/mol. The van der Waals surface area contributed by atoms with Crippen molar-refractivity contribution >= 4 is 11.8 Å². The predicted octanol–water partition coefficient (Wildman–Crippen LogP) is 1.82. The van der Waals surface area contributed by atoms with Gasteiger partial charge in [0.2, 0.25) is 0 Å². The van der Waals surface area contributed by atoms with Crippen molar-refractivity contribution in [1.82, 2.24) is 19.6 Å². The molecule has 3 heterocycles. The van der Waals surface area contributed by atoms with Gasteiger partial charge in [0.1, 0.15) is 0 Å². The van der Waals surface area contributed by atoms with Crippen molar-refractivity contribution in [1.29, 1.82) is 0 Å². The highest BCUT2D eigenvalue weighted by molar-refractivity contribution is 5.96. The summed E-state index contributed by atoms with van der Waals surface area (Å²) in [7, 11) is 0. The molecule has 2 aliphatic heterocycles. The zero-order chi connectivity index (χ0) is 17.2. The van der Waals surface area contributed by atoms with Crippen LogP contribution < -0.4 is 0 Å². The molecule has 1 aromatic heterocycles. The first-order chi connectivity index (χ1) is 12.2. The second kappa shape index (κ2) is 6.70. The van der Waals surface area contributed by atoms with E-state index in [1.54, 1.807) is 6.20 Å². The van der Waals surface area contributed by atoms with E-state index in [1.807, 2.05) is 44.8 Å². The van der Waals surface area contributed by atoms with Gasteiger partial charge in [-0.05, 0) is 31.4 Å². The second-order valence-electron chi connectivity index (χ2n) is 6.64. The first kappa shape index (κ1) is 15.9. The Morgan fingerprint density at radius 2 is 1.52 bits per heavy atom. The molecular formula is C19H22N4O2. The van der Waals surface area contributed by atoms with E-state index in [2.05, 4.69) is 5.10 Å². The van der Waals surface area contributed by atoms with Crippen molar-refractivity contribution in [2.45, 2.75) is 25.8 Å². The first-order valence-corrected chi connectivity index (χ1v) is 8.92. The van der Waals surface area contributed by atoms with Crippen LogP contribution in [0.5, 0.6) is 0 Å². The molecule has 2 aliphatic rings. The van der Waals surface area contributed by atoms with E-state index in [4.69, 9.17) is 0 Å². The highest BCUT2D eigenvalue weighted by atomic mass is 16.2. The van der Waals surface area contributed by atoms with Crippen LogP contribution in [0, 0.1) is 0 Å². The number of hydrogen-bond donors (Lipinski definition) is 0. The molecule has 0 N–H and O–H groups in total. The van der Waals surface area contributed by atoms with Crippen LogP contribution in [-0.2, 0) is 13.0 Å². The molecule has 2 aromatic rings. The number of fused-ring (bicyclic) bond motifs is 1. The van der Waals surface area contributed by atoms with Crippen LogP contribution in [0.3, 0.4) is 0 Å². The van der Waals surface area contributed by atoms with E-state index in [0.29, 0.717) is 31.7 Å². The molecule has 0 saturated carbocycles. The Hall–Kier alpha value is -2.63. The summed E-state index contributed by atoms with van der Waals surface area (Å²) in [4.78, 5) is 29.0. The Morgan fingerprint density at radius 1 is 0.840 bits per heavy atom. The fourth-order valence-corrected chi connectivity index (χ4v) is 3.65. The summed E-state index contributed by atoms with van der Waals surface area (Å²) in [5.74, 6) is 0.0885. The highest BCUT2D eigenvalue weighted by Crippen LogP contribution is 2.20. The minimum atomic E-state index is 0.0376. The molecule has 2 amide bonds. The Balaban J connectivity index is 1.41. The SMILES string of the molecule is O=C(c1ccccc1)N1CCN(C(=O)c2cnn3c2CCCC3)CC1. The number of rotatable bonds is 2. The maximum atomic E-state index is 12.8. The fourth-order valence-electron chi connectivity index (χ4n) is 3.65. The van der Waals surface area contributed by atoms with Crippen molar-refractivity contribution in [2.24, 2.45) is 0 Å². The smallest absolute Gasteiger partial charge is 0.257 e. The summed E-state index contributed by atoms with van der Waals surface area (Å²) in [6.07, 6.45) is 4.88. The van der Waals surface area contributed by atoms with E-state index in [0.717, 1.165) is 37.1 Å². The van der Waals surface area contributed by atoms with Gasteiger partial charge < -0.3 is 9.80 Å². The molecule has 0 spiro atoms. The predicted molar refractivity (Wildman–Crippen MR) is 93.4 cm³/mol. The van der Waals surface area contributed by atoms with Crippen LogP contribution in [-0.4, -0.2) is 57.6 Å². The number of piperazine rings is 1. The number of aromatic nitrogens is 2. The monoisotopic (exact) mass is 338 g/mol. The minimum Gasteiger partial charge on any atom is -0.335 e. The van der Waals surface area contributed by atoms with Gasteiger partial charge in [-0.1, -0.05) is 18.2 Å². The number of benzene rings is 1. The molecule has 6 nitrogen and oxygen atoms in total. The average Bonchev–Trinajstić information content (AvgIpc) is 3.12. The van der Waals surface area contributed by atoms with Crippen LogP contribution >= 0.6 is 0 Å². The number of hydrogen-bond acceptors (Lipinski definition) is 3. The Morgan fingerprint density at radius 3 is 2.24 bits per heavy atom. The van der Waals surface area contributed by atoms with Crippen molar-refractivity contribution in [3.05, 3.63) is 53.3 Å². The van der Waals surface area contributed by atoms with Crippen LogP contribution in [0.15, 0.2) is 36.5 Å². The van der Waals surface area contributed by atoms with Crippen LogP contribution in [0.2, 0.25) is 0 Å². The van der Waals surface area contributed by atoms with Gasteiger partial charge in [0.15, 0.2) is 0 Å². The molecule has 1 aromatic carbocycles. The van der Waals surface area contributed by atoms with Gasteiger partial charge in [0, 0.05) is 38.3 Å². The van der Waals surface area contributed by atoms with Gasteiger partial charge in [-0.2, -0.15) is 5.10 Å². The molecule has 0 unspecified atom stereocenters. The molecule has 0 aliphatic carbocycles. The lowest BCUT2D eigenvalue weighted by Crippen LogP contribution is -2.50. The Kier molecular flexibility index (Phi) is 4.26. The summed E-state index contributed by atoms with van der Waals surface area (Å²) in [5.41, 5.74) is 2.51. The van der Waals surface area contributed by atoms with E-state index < -0.39 is 0 Å². The van der Waals surface area contributed by atoms with Gasteiger partial charge in [-0.25, -0.2) is 0 Å². The lowest BCUT2D eigenvalue weighted by atomic mass is 10.1. The average molecular weight is 338 g/mol. The fraction of sp³-hybridized carbons (Fsp3) is 0.421. The molecule has 1 fully saturated rings. The zero-order valence-electron chi connectivity index (χ0n) is 14.2. The molecule has 0 radical (unpaired) electrons. The van der Waals surface area contributed by atoms with Gasteiger partial charge in [0.05, 0.1) is 17.5 Å². The normalized spacial score (nSPS) is 17.3. The van der Waals surface area contributed by atoms with Crippen molar-refractivity contribution in [2.75, 3.05) is 26.2 Å². The van der Waals surface area contributed by atoms with Crippen molar-refractivity contribution in [3.8, 4) is 0 Å². The number of carbonyl (C=O) groups is 2. The number of nitrogens with zero attached hydrogens (tertiary/aromatic N) is 4. The third kappa shape index (κ3) is 3.04. The van der Waals surface area contributed by atoms with Crippen molar-refractivity contribution in [3.63, 3.8) is 0 Å². The van der Waals surface area contributed by atoms with Crippen molar-refractivity contribution < 1.29 is 9.59 Å². The first-order valence-electron chi connectivity index (χ1n) is 8.92. The Bertz CT molecular complexity index is 776. The maximum Gasteiger partial charge on any atom is 0.257 e. The number of carbonyl (C=O) groups excluding carboxylic acids is 2. The van der Waals surface area contributed by atoms with Gasteiger partial charge in [0.25, 0.3) is 11.8 Å². The molecule has 6 heteroatoms. The lowest BCUT2D eigenvalue weighted by molar-refractivity contribution is 0.0534. The summed E-state index contributed by atoms with van der Waals surface area (Å²) in [6, 6.07) is 9.31. The molecule has 130 valence electrons. The topological polar surface area (TPSA) is 58.4 Å². The number of aryl methyl sites for hydroxylation is 1. The van der Waals surface area contributed by atoms with Crippen LogP contribution in [0.25, 0.3) is 0 Å². The van der Waals surface area contributed by atoms with E-state index in [-0.39, 0.29) is 11.8 Å². The number of amides is 2. The third-order valence-electron chi connectivity index (χ3n) is 5.09. The highest BCUT2D eigenvalue weighted by Gasteiger charge is 2.28. The largest absolute Gasteiger partial charge is 0.335 e. The van der Waals surface area contributed by atoms with Gasteiger partial charge >= 0.3 is 0 Å². The minimum absolute atomic E-state index is 0.0376. The third-order valence-corrected chi connectivity index (χ3v) is 5.09. The zero-order valence-corrected chi connectivity index (χ0v) is 14.2. The standard InChI is InChI=1S/C19H22N4O2/c24-18(15-6-2-1-3-7-15)21-10-12-22(13-11-21)19(25)16-14-20-23-9-5-4-8-17(16)23/h1-3,6-7,14H,4-5,8-13H2. The maximum absolute atomic E-state index is 12.8. The molecule has 0 bridgehead atoms. The quantitative estimate of drug-likeness (QED) is 0.839.